The number of aromatic nitrogens is 1. The number of methoxy groups -OCH3 is 1. The van der Waals surface area contributed by atoms with Crippen molar-refractivity contribution in [3.8, 4) is 11.5 Å². The average molecular weight is 648 g/mol. The Labute approximate surface area is 258 Å². The van der Waals surface area contributed by atoms with Gasteiger partial charge in [-0.15, -0.1) is 11.8 Å². The van der Waals surface area contributed by atoms with Gasteiger partial charge >= 0.3 is 10.8 Å². The molecule has 2 aromatic carbocycles. The molecule has 0 unspecified atom stereocenters. The van der Waals surface area contributed by atoms with Gasteiger partial charge in [-0.05, 0) is 54.0 Å². The third-order valence-corrected chi connectivity index (χ3v) is 12.2. The Morgan fingerprint density at radius 2 is 1.83 bits per heavy atom. The number of carboxylic acids is 1. The van der Waals surface area contributed by atoms with Crippen LogP contribution in [-0.4, -0.2) is 51.7 Å². The van der Waals surface area contributed by atoms with Crippen molar-refractivity contribution in [3.05, 3.63) is 72.1 Å². The van der Waals surface area contributed by atoms with E-state index in [0.29, 0.717) is 28.0 Å². The number of fused-ring (bicyclic) bond motifs is 9. The van der Waals surface area contributed by atoms with Gasteiger partial charge in [-0.25, -0.2) is 0 Å². The van der Waals surface area contributed by atoms with Crippen LogP contribution in [0.4, 0.5) is 0 Å². The normalized spacial score (nSPS) is 28.9. The van der Waals surface area contributed by atoms with E-state index in [-0.39, 0.29) is 46.3 Å². The molecule has 1 aromatic heterocycles. The Hall–Kier alpha value is -2.99. The number of nitrogens with one attached hydrogen (secondary N) is 1. The lowest BCUT2D eigenvalue weighted by atomic mass is 9.68. The van der Waals surface area contributed by atoms with E-state index >= 15 is 0 Å². The lowest BCUT2D eigenvalue weighted by Gasteiger charge is -2.43. The van der Waals surface area contributed by atoms with Crippen LogP contribution < -0.4 is 14.3 Å². The van der Waals surface area contributed by atoms with Crippen LogP contribution in [0.15, 0.2) is 46.2 Å². The number of hydrogen-bond donors (Lipinski definition) is 2. The second-order valence-corrected chi connectivity index (χ2v) is 14.1. The summed E-state index contributed by atoms with van der Waals surface area (Å²) in [4.78, 5) is 55.2. The van der Waals surface area contributed by atoms with E-state index in [9.17, 15) is 24.3 Å². The van der Waals surface area contributed by atoms with Crippen LogP contribution in [-0.2, 0) is 21.0 Å². The minimum Gasteiger partial charge on any atom is -0.493 e. The number of hydrogen-bond acceptors (Lipinski definition) is 8. The lowest BCUT2D eigenvalue weighted by Crippen LogP contribution is -2.42. The Balaban J connectivity index is 1.24. The first kappa shape index (κ1) is 27.8. The molecule has 3 heterocycles. The predicted octanol–water partition coefficient (Wildman–Crippen LogP) is 4.89. The van der Waals surface area contributed by atoms with E-state index in [1.165, 1.54) is 0 Å². The molecule has 2 aliphatic carbocycles. The second kappa shape index (κ2) is 10.3. The van der Waals surface area contributed by atoms with E-state index in [4.69, 9.17) is 32.7 Å². The lowest BCUT2D eigenvalue weighted by molar-refractivity contribution is -0.149. The summed E-state index contributed by atoms with van der Waals surface area (Å²) in [6, 6.07) is 10.9. The summed E-state index contributed by atoms with van der Waals surface area (Å²) in [6.07, 6.45) is 0.714. The van der Waals surface area contributed by atoms with E-state index in [1.54, 1.807) is 37.1 Å². The van der Waals surface area contributed by atoms with Crippen molar-refractivity contribution >= 4 is 64.1 Å². The number of carboxylic acid groups (broad SMARTS) is 1. The molecule has 4 aliphatic rings. The zero-order valence-corrected chi connectivity index (χ0v) is 25.2. The Bertz CT molecular complexity index is 1710. The van der Waals surface area contributed by atoms with E-state index in [2.05, 4.69) is 4.98 Å². The van der Waals surface area contributed by atoms with Gasteiger partial charge in [0.15, 0.2) is 11.5 Å². The third-order valence-electron chi connectivity index (χ3n) is 9.05. The minimum atomic E-state index is -1.21. The molecule has 13 heteroatoms. The van der Waals surface area contributed by atoms with Gasteiger partial charge in [0.1, 0.15) is 13.2 Å². The summed E-state index contributed by atoms with van der Waals surface area (Å²) in [5.74, 6) is -2.45. The second-order valence-electron chi connectivity index (χ2n) is 11.1. The summed E-state index contributed by atoms with van der Waals surface area (Å²) in [5.41, 5.74) is 1.68. The number of imide groups is 1. The summed E-state index contributed by atoms with van der Waals surface area (Å²) in [5, 5.41) is 11.1. The molecule has 7 atom stereocenters. The van der Waals surface area contributed by atoms with Crippen LogP contribution in [0.2, 0.25) is 10.0 Å². The summed E-state index contributed by atoms with van der Waals surface area (Å²) in [7, 11) is 1.56. The molecule has 0 radical (unpaired) electrons. The van der Waals surface area contributed by atoms with Crippen molar-refractivity contribution in [3.63, 3.8) is 0 Å². The number of aromatic amines is 1. The van der Waals surface area contributed by atoms with Gasteiger partial charge in [-0.2, -0.15) is 0 Å². The van der Waals surface area contributed by atoms with Gasteiger partial charge in [0.05, 0.1) is 24.0 Å². The van der Waals surface area contributed by atoms with Crippen LogP contribution in [0.25, 0.3) is 0 Å². The number of aliphatic carboxylic acids is 1. The molecule has 42 heavy (non-hydrogen) atoms. The quantitative estimate of drug-likeness (QED) is 0.348. The molecule has 0 spiro atoms. The summed E-state index contributed by atoms with van der Waals surface area (Å²) < 4.78 is 11.8. The highest BCUT2D eigenvalue weighted by Crippen LogP contribution is 2.68. The first-order chi connectivity index (χ1) is 20.2. The summed E-state index contributed by atoms with van der Waals surface area (Å²) in [6.45, 7) is -0.410. The maximum Gasteiger partial charge on any atom is 0.323 e. The number of ether oxygens (including phenoxy) is 2. The van der Waals surface area contributed by atoms with E-state index in [0.717, 1.165) is 37.3 Å². The largest absolute Gasteiger partial charge is 0.493 e. The predicted molar refractivity (Wildman–Crippen MR) is 157 cm³/mol. The van der Waals surface area contributed by atoms with Gasteiger partial charge in [0, 0.05) is 31.7 Å². The summed E-state index contributed by atoms with van der Waals surface area (Å²) >= 11 is 15.1. The van der Waals surface area contributed by atoms with Gasteiger partial charge < -0.3 is 19.6 Å². The molecule has 2 saturated carbocycles. The monoisotopic (exact) mass is 646 g/mol. The molecule has 2 N–H and O–H groups in total. The third kappa shape index (κ3) is 4.27. The first-order valence-corrected chi connectivity index (χ1v) is 15.8. The molecule has 3 fully saturated rings. The number of carbonyl (C=O) groups excluding carboxylic acids is 2. The first-order valence-electron chi connectivity index (χ1n) is 13.4. The maximum atomic E-state index is 13.4. The zero-order valence-electron chi connectivity index (χ0n) is 22.0. The van der Waals surface area contributed by atoms with Gasteiger partial charge in [-0.1, -0.05) is 46.7 Å². The van der Waals surface area contributed by atoms with Gasteiger partial charge in [0.25, 0.3) is 0 Å². The van der Waals surface area contributed by atoms with Crippen LogP contribution in [0.5, 0.6) is 11.5 Å². The SMILES string of the molecule is COc1cc([C@@H]2c3sc(=O)[nH]c3S[C@@H]3[C@H]4C[C@@H]([C@@H]5C(=O)N(CC(=O)O)C(=O)[C@H]45)[C@@H]23)ccc1OCc1ccc(Cl)cc1Cl. The highest BCUT2D eigenvalue weighted by atomic mass is 35.5. The molecule has 218 valence electrons. The fraction of sp³-hybridized carbons (Fsp3) is 0.379. The average Bonchev–Trinajstić information content (AvgIpc) is 3.68. The molecule has 9 nitrogen and oxygen atoms in total. The van der Waals surface area contributed by atoms with E-state index in [1.807, 2.05) is 18.2 Å². The number of likely N-dealkylation sites (tertiary alicyclic amines) is 1. The zero-order chi connectivity index (χ0) is 29.4. The Morgan fingerprint density at radius 1 is 1.07 bits per heavy atom. The molecule has 2 amide bonds. The molecule has 2 aliphatic heterocycles. The van der Waals surface area contributed by atoms with Crippen LogP contribution in [0.1, 0.15) is 28.3 Å². The number of carbonyl (C=O) groups is 3. The molecular weight excluding hydrogens is 623 g/mol. The molecule has 7 rings (SSSR count). The standard InChI is InChI=1S/C29H24Cl2N2O7S2/c1-39-18-6-11(3-5-17(18)40-10-12-2-4-13(30)7-16(12)31)20-21-14-8-15(24(21)41-26-25(20)42-29(38)32-26)23-22(14)27(36)33(28(23)37)9-19(34)35/h2-7,14-15,20-24H,8-10H2,1H3,(H,32,38)(H,34,35)/t14-,15+,20+,21+,22+,23-,24-/m1/s1. The number of halogens is 2. The highest BCUT2D eigenvalue weighted by molar-refractivity contribution is 8.00. The Morgan fingerprint density at radius 3 is 2.55 bits per heavy atom. The molecule has 1 saturated heterocycles. The molecular formula is C29H24Cl2N2O7S2. The highest BCUT2D eigenvalue weighted by Gasteiger charge is 2.69. The van der Waals surface area contributed by atoms with Crippen molar-refractivity contribution < 1.29 is 29.0 Å². The number of thioether (sulfide) groups is 1. The minimum absolute atomic E-state index is 0.00510. The van der Waals surface area contributed by atoms with Crippen LogP contribution >= 0.6 is 46.3 Å². The van der Waals surface area contributed by atoms with Gasteiger partial charge in [0.2, 0.25) is 11.8 Å². The van der Waals surface area contributed by atoms with Crippen LogP contribution in [0, 0.1) is 29.6 Å². The van der Waals surface area contributed by atoms with Crippen molar-refractivity contribution in [1.29, 1.82) is 0 Å². The van der Waals surface area contributed by atoms with Crippen molar-refractivity contribution in [1.82, 2.24) is 9.88 Å². The number of rotatable bonds is 7. The van der Waals surface area contributed by atoms with Gasteiger partial charge in [-0.3, -0.25) is 24.1 Å². The smallest absolute Gasteiger partial charge is 0.323 e. The molecule has 3 aromatic rings. The number of nitrogens with zero attached hydrogens (tertiary/aromatic N) is 1. The van der Waals surface area contributed by atoms with Crippen molar-refractivity contribution in [2.45, 2.75) is 29.2 Å². The van der Waals surface area contributed by atoms with Crippen LogP contribution in [0.3, 0.4) is 0 Å². The van der Waals surface area contributed by atoms with Crippen molar-refractivity contribution in [2.24, 2.45) is 29.6 Å². The number of thiazole rings is 1. The van der Waals surface area contributed by atoms with E-state index < -0.39 is 30.3 Å². The Kier molecular flexibility index (Phi) is 6.84. The number of benzene rings is 2. The number of amides is 2. The fourth-order valence-electron chi connectivity index (χ4n) is 7.53. The number of H-pyrrole nitrogens is 1. The topological polar surface area (TPSA) is 126 Å². The maximum absolute atomic E-state index is 13.4. The fourth-order valence-corrected chi connectivity index (χ4v) is 10.9. The van der Waals surface area contributed by atoms with Crippen molar-refractivity contribution in [2.75, 3.05) is 13.7 Å². The molecule has 2 bridgehead atoms.